The second-order valence-electron chi connectivity index (χ2n) is 5.20. The minimum Gasteiger partial charge on any atom is -0.444 e. The fourth-order valence-electron chi connectivity index (χ4n) is 1.34. The lowest BCUT2D eigenvalue weighted by atomic mass is 10.2. The molecule has 0 fully saturated rings. The summed E-state index contributed by atoms with van der Waals surface area (Å²) < 4.78 is 5.10. The molecule has 1 aromatic heterocycles. The molecule has 0 spiro atoms. The summed E-state index contributed by atoms with van der Waals surface area (Å²) in [4.78, 5) is 19.3. The number of nitrogens with two attached hydrogens (primary N) is 1. The van der Waals surface area contributed by atoms with Gasteiger partial charge in [-0.05, 0) is 39.3 Å². The second kappa shape index (κ2) is 6.60. The highest BCUT2D eigenvalue weighted by molar-refractivity contribution is 6.28. The van der Waals surface area contributed by atoms with Crippen molar-refractivity contribution >= 4 is 29.2 Å². The molecule has 0 aromatic carbocycles. The zero-order chi connectivity index (χ0) is 15.3. The summed E-state index contributed by atoms with van der Waals surface area (Å²) in [6.07, 6.45) is -0.468. The number of alkyl carbamates (subject to hydrolysis) is 1. The van der Waals surface area contributed by atoms with Gasteiger partial charge in [-0.2, -0.15) is 4.98 Å². The van der Waals surface area contributed by atoms with E-state index in [0.717, 1.165) is 0 Å². The quantitative estimate of drug-likeness (QED) is 0.580. The molecule has 0 radical (unpaired) electrons. The molecule has 8 heteroatoms. The number of amides is 1. The molecular weight excluding hydrogens is 282 g/mol. The molecule has 1 aromatic rings. The van der Waals surface area contributed by atoms with Crippen molar-refractivity contribution in [2.24, 2.45) is 0 Å². The maximum Gasteiger partial charge on any atom is 0.407 e. The van der Waals surface area contributed by atoms with Gasteiger partial charge in [-0.15, -0.1) is 0 Å². The summed E-state index contributed by atoms with van der Waals surface area (Å²) in [6.45, 7) is 7.96. The van der Waals surface area contributed by atoms with E-state index < -0.39 is 11.7 Å². The maximum absolute atomic E-state index is 11.4. The molecule has 0 atom stereocenters. The van der Waals surface area contributed by atoms with Gasteiger partial charge in [0.15, 0.2) is 5.82 Å². The Kier molecular flexibility index (Phi) is 5.38. The molecule has 0 aliphatic rings. The van der Waals surface area contributed by atoms with Crippen LogP contribution in [0.15, 0.2) is 0 Å². The van der Waals surface area contributed by atoms with Crippen LogP contribution in [0.25, 0.3) is 0 Å². The van der Waals surface area contributed by atoms with Gasteiger partial charge in [-0.3, -0.25) is 0 Å². The number of hydrogen-bond acceptors (Lipinski definition) is 6. The zero-order valence-corrected chi connectivity index (χ0v) is 12.8. The third-order valence-corrected chi connectivity index (χ3v) is 2.36. The molecular formula is C12H20ClN5O2. The van der Waals surface area contributed by atoms with Gasteiger partial charge in [-0.25, -0.2) is 9.78 Å². The topological polar surface area (TPSA) is 102 Å². The van der Waals surface area contributed by atoms with E-state index in [9.17, 15) is 4.79 Å². The Balaban J connectivity index is 2.40. The monoisotopic (exact) mass is 301 g/mol. The van der Waals surface area contributed by atoms with Crippen LogP contribution in [0, 0.1) is 6.92 Å². The Morgan fingerprint density at radius 1 is 1.35 bits per heavy atom. The number of rotatable bonds is 4. The predicted molar refractivity (Wildman–Crippen MR) is 78.9 cm³/mol. The fraction of sp³-hybridized carbons (Fsp3) is 0.583. The molecule has 112 valence electrons. The Bertz CT molecular complexity index is 487. The average molecular weight is 302 g/mol. The van der Waals surface area contributed by atoms with Gasteiger partial charge >= 0.3 is 6.09 Å². The number of carbonyl (C=O) groups excluding carboxylic acids is 1. The van der Waals surface area contributed by atoms with E-state index in [-0.39, 0.29) is 5.28 Å². The zero-order valence-electron chi connectivity index (χ0n) is 12.1. The number of hydrogen-bond donors (Lipinski definition) is 3. The Morgan fingerprint density at radius 3 is 2.60 bits per heavy atom. The van der Waals surface area contributed by atoms with E-state index in [1.54, 1.807) is 27.7 Å². The van der Waals surface area contributed by atoms with Crippen LogP contribution in [0.2, 0.25) is 5.28 Å². The smallest absolute Gasteiger partial charge is 0.407 e. The van der Waals surface area contributed by atoms with Crippen molar-refractivity contribution in [3.63, 3.8) is 0 Å². The first kappa shape index (κ1) is 16.3. The molecule has 0 bridgehead atoms. The van der Waals surface area contributed by atoms with Crippen LogP contribution in [0.5, 0.6) is 0 Å². The molecule has 0 aliphatic carbocycles. The number of carbonyl (C=O) groups is 1. The largest absolute Gasteiger partial charge is 0.444 e. The van der Waals surface area contributed by atoms with Gasteiger partial charge in [-0.1, -0.05) is 0 Å². The minimum atomic E-state index is -0.515. The van der Waals surface area contributed by atoms with Crippen LogP contribution in [0.1, 0.15) is 26.5 Å². The van der Waals surface area contributed by atoms with Crippen LogP contribution < -0.4 is 16.4 Å². The number of aromatic nitrogens is 2. The van der Waals surface area contributed by atoms with Crippen molar-refractivity contribution in [3.8, 4) is 0 Å². The third kappa shape index (κ3) is 5.48. The molecule has 4 N–H and O–H groups in total. The molecule has 1 heterocycles. The highest BCUT2D eigenvalue weighted by Crippen LogP contribution is 2.19. The molecule has 7 nitrogen and oxygen atoms in total. The Hall–Kier alpha value is -1.76. The first-order valence-electron chi connectivity index (χ1n) is 6.19. The number of anilines is 2. The third-order valence-electron chi connectivity index (χ3n) is 2.19. The molecule has 0 unspecified atom stereocenters. The van der Waals surface area contributed by atoms with Crippen LogP contribution >= 0.6 is 11.6 Å². The molecule has 1 amide bonds. The fourth-order valence-corrected chi connectivity index (χ4v) is 1.55. The van der Waals surface area contributed by atoms with Crippen molar-refractivity contribution in [2.75, 3.05) is 24.1 Å². The summed E-state index contributed by atoms with van der Waals surface area (Å²) in [5, 5.41) is 5.72. The van der Waals surface area contributed by atoms with E-state index >= 15 is 0 Å². The molecule has 0 saturated carbocycles. The number of nitrogen functional groups attached to an aromatic ring is 1. The lowest BCUT2D eigenvalue weighted by molar-refractivity contribution is 0.0530. The van der Waals surface area contributed by atoms with Gasteiger partial charge < -0.3 is 21.1 Å². The van der Waals surface area contributed by atoms with Crippen LogP contribution in [-0.2, 0) is 4.74 Å². The molecule has 1 rings (SSSR count). The highest BCUT2D eigenvalue weighted by atomic mass is 35.5. The SMILES string of the molecule is Cc1nc(Cl)nc(NCCNC(=O)OC(C)(C)C)c1N. The standard InChI is InChI=1S/C12H20ClN5O2/c1-7-8(14)9(18-10(13)17-7)15-5-6-16-11(19)20-12(2,3)4/h5-6,14H2,1-4H3,(H,16,19)(H,15,17,18). The summed E-state index contributed by atoms with van der Waals surface area (Å²) >= 11 is 5.75. The number of nitrogens with zero attached hydrogens (tertiary/aromatic N) is 2. The van der Waals surface area contributed by atoms with Crippen LogP contribution in [-0.4, -0.2) is 34.8 Å². The summed E-state index contributed by atoms with van der Waals surface area (Å²) in [5.74, 6) is 0.452. The van der Waals surface area contributed by atoms with Crippen molar-refractivity contribution in [2.45, 2.75) is 33.3 Å². The summed E-state index contributed by atoms with van der Waals surface area (Å²) in [6, 6.07) is 0. The van der Waals surface area contributed by atoms with Crippen LogP contribution in [0.3, 0.4) is 0 Å². The van der Waals surface area contributed by atoms with Crippen molar-refractivity contribution in [1.29, 1.82) is 0 Å². The lowest BCUT2D eigenvalue weighted by Crippen LogP contribution is -2.35. The van der Waals surface area contributed by atoms with Crippen molar-refractivity contribution in [3.05, 3.63) is 11.0 Å². The number of ether oxygens (including phenoxy) is 1. The first-order valence-corrected chi connectivity index (χ1v) is 6.57. The average Bonchev–Trinajstić information content (AvgIpc) is 2.28. The van der Waals surface area contributed by atoms with E-state index in [2.05, 4.69) is 20.6 Å². The number of halogens is 1. The highest BCUT2D eigenvalue weighted by Gasteiger charge is 2.15. The summed E-state index contributed by atoms with van der Waals surface area (Å²) in [7, 11) is 0. The van der Waals surface area contributed by atoms with E-state index in [0.29, 0.717) is 30.3 Å². The van der Waals surface area contributed by atoms with Crippen molar-refractivity contribution < 1.29 is 9.53 Å². The molecule has 20 heavy (non-hydrogen) atoms. The van der Waals surface area contributed by atoms with Gasteiger partial charge in [0.25, 0.3) is 0 Å². The van der Waals surface area contributed by atoms with E-state index in [1.165, 1.54) is 0 Å². The van der Waals surface area contributed by atoms with Gasteiger partial charge in [0.1, 0.15) is 5.60 Å². The van der Waals surface area contributed by atoms with E-state index in [4.69, 9.17) is 22.1 Å². The lowest BCUT2D eigenvalue weighted by Gasteiger charge is -2.19. The maximum atomic E-state index is 11.4. The van der Waals surface area contributed by atoms with Gasteiger partial charge in [0, 0.05) is 13.1 Å². The van der Waals surface area contributed by atoms with Crippen LogP contribution in [0.4, 0.5) is 16.3 Å². The number of nitrogens with one attached hydrogen (secondary N) is 2. The first-order chi connectivity index (χ1) is 9.19. The normalized spacial score (nSPS) is 11.1. The summed E-state index contributed by atoms with van der Waals surface area (Å²) in [5.41, 5.74) is 6.34. The number of aryl methyl sites for hydroxylation is 1. The predicted octanol–water partition coefficient (Wildman–Crippen LogP) is 1.96. The minimum absolute atomic E-state index is 0.124. The van der Waals surface area contributed by atoms with Crippen molar-refractivity contribution in [1.82, 2.24) is 15.3 Å². The molecule has 0 aliphatic heterocycles. The molecule has 0 saturated heterocycles. The van der Waals surface area contributed by atoms with Gasteiger partial charge in [0.2, 0.25) is 5.28 Å². The van der Waals surface area contributed by atoms with E-state index in [1.807, 2.05) is 0 Å². The Labute approximate surface area is 123 Å². The van der Waals surface area contributed by atoms with Gasteiger partial charge in [0.05, 0.1) is 11.4 Å². The Morgan fingerprint density at radius 2 is 2.00 bits per heavy atom. The second-order valence-corrected chi connectivity index (χ2v) is 5.53.